The number of aliphatic hydroxyl groups is 1. The number of ether oxygens (including phenoxy) is 1. The number of benzene rings is 1. The van der Waals surface area contributed by atoms with Crippen molar-refractivity contribution in [2.75, 3.05) is 26.7 Å². The van der Waals surface area contributed by atoms with E-state index in [-0.39, 0.29) is 22.0 Å². The van der Waals surface area contributed by atoms with Crippen LogP contribution in [0.3, 0.4) is 0 Å². The van der Waals surface area contributed by atoms with E-state index in [1.54, 1.807) is 0 Å². The summed E-state index contributed by atoms with van der Waals surface area (Å²) in [7, 11) is -2.12. The fraction of sp³-hybridized carbons (Fsp3) is 0.400. The van der Waals surface area contributed by atoms with Gasteiger partial charge in [-0.25, -0.2) is 13.4 Å². The molecule has 2 aromatic rings. The highest BCUT2D eigenvalue weighted by Crippen LogP contribution is 2.26. The van der Waals surface area contributed by atoms with E-state index in [0.29, 0.717) is 25.9 Å². The third-order valence-electron chi connectivity index (χ3n) is 5.14. The number of aromatic nitrogens is 1. The first kappa shape index (κ1) is 24.0. The third kappa shape index (κ3) is 5.96. The Morgan fingerprint density at radius 3 is 2.28 bits per heavy atom. The Hall–Kier alpha value is -2.70. The van der Waals surface area contributed by atoms with Crippen LogP contribution in [-0.4, -0.2) is 68.0 Å². The molecule has 0 aliphatic carbocycles. The lowest BCUT2D eigenvalue weighted by Crippen LogP contribution is -2.50. The molecule has 0 spiro atoms. The summed E-state index contributed by atoms with van der Waals surface area (Å²) in [5.74, 6) is -1.11. The van der Waals surface area contributed by atoms with Gasteiger partial charge in [0.25, 0.3) is 5.91 Å². The molecule has 0 radical (unpaired) electrons. The number of alkyl halides is 3. The van der Waals surface area contributed by atoms with Gasteiger partial charge in [-0.05, 0) is 56.3 Å². The van der Waals surface area contributed by atoms with Gasteiger partial charge in [0, 0.05) is 25.8 Å². The molecule has 174 valence electrons. The summed E-state index contributed by atoms with van der Waals surface area (Å²) < 4.78 is 65.8. The van der Waals surface area contributed by atoms with Crippen molar-refractivity contribution in [1.82, 2.24) is 15.2 Å². The van der Waals surface area contributed by atoms with E-state index in [1.807, 2.05) is 7.05 Å². The molecule has 1 saturated heterocycles. The predicted molar refractivity (Wildman–Crippen MR) is 107 cm³/mol. The largest absolute Gasteiger partial charge is 0.573 e. The van der Waals surface area contributed by atoms with Crippen molar-refractivity contribution >= 4 is 15.7 Å². The van der Waals surface area contributed by atoms with E-state index in [0.717, 1.165) is 30.5 Å². The average Bonchev–Trinajstić information content (AvgIpc) is 2.74. The minimum absolute atomic E-state index is 0.0330. The summed E-state index contributed by atoms with van der Waals surface area (Å²) in [4.78, 5) is 17.8. The molecule has 2 heterocycles. The summed E-state index contributed by atoms with van der Waals surface area (Å²) in [5.41, 5.74) is -1.04. The van der Waals surface area contributed by atoms with Crippen LogP contribution in [0.5, 0.6) is 5.75 Å². The molecule has 2 N–H and O–H groups in total. The van der Waals surface area contributed by atoms with Gasteiger partial charge >= 0.3 is 6.36 Å². The molecule has 0 saturated carbocycles. The van der Waals surface area contributed by atoms with Crippen LogP contribution >= 0.6 is 0 Å². The molecule has 8 nitrogen and oxygen atoms in total. The Bertz CT molecular complexity index is 1050. The summed E-state index contributed by atoms with van der Waals surface area (Å²) in [6.07, 6.45) is -2.86. The van der Waals surface area contributed by atoms with Crippen molar-refractivity contribution in [1.29, 1.82) is 0 Å². The number of rotatable bonds is 6. The zero-order chi connectivity index (χ0) is 23.6. The van der Waals surface area contributed by atoms with Crippen molar-refractivity contribution in [2.24, 2.45) is 0 Å². The smallest absolute Gasteiger partial charge is 0.406 e. The van der Waals surface area contributed by atoms with Gasteiger partial charge in [0.05, 0.1) is 15.4 Å². The minimum atomic E-state index is -4.89. The fourth-order valence-electron chi connectivity index (χ4n) is 3.18. The van der Waals surface area contributed by atoms with E-state index < -0.39 is 33.5 Å². The number of sulfone groups is 1. The summed E-state index contributed by atoms with van der Waals surface area (Å²) >= 11 is 0. The van der Waals surface area contributed by atoms with Crippen molar-refractivity contribution in [2.45, 2.75) is 34.6 Å². The normalized spacial score (nSPS) is 17.0. The molecule has 1 aliphatic heterocycles. The molecule has 0 unspecified atom stereocenters. The van der Waals surface area contributed by atoms with Crippen molar-refractivity contribution in [3.8, 4) is 5.75 Å². The molecule has 32 heavy (non-hydrogen) atoms. The number of nitrogens with zero attached hydrogens (tertiary/aromatic N) is 2. The van der Waals surface area contributed by atoms with Crippen LogP contribution in [0, 0.1) is 0 Å². The number of likely N-dealkylation sites (tertiary alicyclic amines) is 1. The van der Waals surface area contributed by atoms with Gasteiger partial charge in [-0.15, -0.1) is 13.2 Å². The van der Waals surface area contributed by atoms with E-state index in [4.69, 9.17) is 0 Å². The maximum Gasteiger partial charge on any atom is 0.573 e. The number of hydrogen-bond donors (Lipinski definition) is 2. The molecule has 1 amide bonds. The zero-order valence-corrected chi connectivity index (χ0v) is 17.9. The minimum Gasteiger partial charge on any atom is -0.406 e. The standard InChI is InChI=1S/C20H22F3N3O5S/c1-26-10-8-19(28,9-11-26)13-25-18(27)17-7-6-16(12-24-17)32(29,30)15-4-2-14(3-5-15)31-20(21,22)23/h2-7,12,28H,8-11,13H2,1H3,(H,25,27). The lowest BCUT2D eigenvalue weighted by molar-refractivity contribution is -0.274. The van der Waals surface area contributed by atoms with Crippen LogP contribution in [0.25, 0.3) is 0 Å². The first-order chi connectivity index (χ1) is 14.9. The van der Waals surface area contributed by atoms with E-state index >= 15 is 0 Å². The second-order valence-corrected chi connectivity index (χ2v) is 9.56. The van der Waals surface area contributed by atoms with Crippen LogP contribution in [0.2, 0.25) is 0 Å². The van der Waals surface area contributed by atoms with Gasteiger partial charge in [-0.3, -0.25) is 4.79 Å². The summed E-state index contributed by atoms with van der Waals surface area (Å²) in [6.45, 7) is 1.47. The first-order valence-electron chi connectivity index (χ1n) is 9.64. The topological polar surface area (TPSA) is 109 Å². The lowest BCUT2D eigenvalue weighted by Gasteiger charge is -2.36. The number of carbonyl (C=O) groups is 1. The molecular weight excluding hydrogens is 451 g/mol. The van der Waals surface area contributed by atoms with Crippen LogP contribution in [0.1, 0.15) is 23.3 Å². The first-order valence-corrected chi connectivity index (χ1v) is 11.1. The van der Waals surface area contributed by atoms with E-state index in [2.05, 4.69) is 19.9 Å². The molecule has 1 fully saturated rings. The molecule has 0 bridgehead atoms. The predicted octanol–water partition coefficient (Wildman–Crippen LogP) is 2.00. The summed E-state index contributed by atoms with van der Waals surface area (Å²) in [5, 5.41) is 13.1. The Morgan fingerprint density at radius 1 is 1.16 bits per heavy atom. The van der Waals surface area contributed by atoms with Crippen LogP contribution in [0.4, 0.5) is 13.2 Å². The van der Waals surface area contributed by atoms with Gasteiger partial charge in [-0.1, -0.05) is 0 Å². The number of piperidine rings is 1. The van der Waals surface area contributed by atoms with Gasteiger partial charge in [0.15, 0.2) is 0 Å². The maximum atomic E-state index is 12.7. The number of nitrogens with one attached hydrogen (secondary N) is 1. The average molecular weight is 473 g/mol. The zero-order valence-electron chi connectivity index (χ0n) is 17.1. The monoisotopic (exact) mass is 473 g/mol. The molecule has 12 heteroatoms. The third-order valence-corrected chi connectivity index (χ3v) is 6.90. The second-order valence-electron chi connectivity index (χ2n) is 7.61. The van der Waals surface area contributed by atoms with Crippen LogP contribution < -0.4 is 10.1 Å². The van der Waals surface area contributed by atoms with Crippen LogP contribution in [0.15, 0.2) is 52.4 Å². The molecule has 3 rings (SSSR count). The highest BCUT2D eigenvalue weighted by molar-refractivity contribution is 7.91. The SMILES string of the molecule is CN1CCC(O)(CNC(=O)c2ccc(S(=O)(=O)c3ccc(OC(F)(F)F)cc3)cn2)CC1. The molecule has 1 aromatic carbocycles. The molecule has 0 atom stereocenters. The Labute approximate surface area is 182 Å². The quantitative estimate of drug-likeness (QED) is 0.661. The van der Waals surface area contributed by atoms with Gasteiger partial charge in [0.2, 0.25) is 9.84 Å². The number of pyridine rings is 1. The number of carbonyl (C=O) groups excluding carboxylic acids is 1. The molecule has 1 aromatic heterocycles. The number of amides is 1. The Balaban J connectivity index is 1.65. The van der Waals surface area contributed by atoms with Crippen molar-refractivity contribution in [3.05, 3.63) is 48.3 Å². The van der Waals surface area contributed by atoms with Crippen molar-refractivity contribution < 1.29 is 36.2 Å². The Morgan fingerprint density at radius 2 is 1.75 bits per heavy atom. The number of hydrogen-bond acceptors (Lipinski definition) is 7. The molecule has 1 aliphatic rings. The fourth-order valence-corrected chi connectivity index (χ4v) is 4.38. The highest BCUT2D eigenvalue weighted by atomic mass is 32.2. The molecular formula is C20H22F3N3O5S. The second kappa shape index (κ2) is 9.04. The van der Waals surface area contributed by atoms with Crippen molar-refractivity contribution in [3.63, 3.8) is 0 Å². The lowest BCUT2D eigenvalue weighted by atomic mass is 9.91. The van der Waals surface area contributed by atoms with Crippen LogP contribution in [-0.2, 0) is 9.84 Å². The highest BCUT2D eigenvalue weighted by Gasteiger charge is 2.32. The van der Waals surface area contributed by atoms with E-state index in [9.17, 15) is 31.5 Å². The van der Waals surface area contributed by atoms with Gasteiger partial charge < -0.3 is 20.1 Å². The summed E-state index contributed by atoms with van der Waals surface area (Å²) in [6, 6.07) is 6.16. The maximum absolute atomic E-state index is 12.7. The van der Waals surface area contributed by atoms with E-state index in [1.165, 1.54) is 12.1 Å². The van der Waals surface area contributed by atoms with Gasteiger partial charge in [-0.2, -0.15) is 0 Å². The van der Waals surface area contributed by atoms with Gasteiger partial charge in [0.1, 0.15) is 11.4 Å². The Kier molecular flexibility index (Phi) is 6.77. The number of halogens is 3.